The van der Waals surface area contributed by atoms with Gasteiger partial charge in [0.2, 0.25) is 0 Å². The highest BCUT2D eigenvalue weighted by molar-refractivity contribution is 9.10. The van der Waals surface area contributed by atoms with Crippen molar-refractivity contribution in [3.8, 4) is 0 Å². The summed E-state index contributed by atoms with van der Waals surface area (Å²) in [5.41, 5.74) is 0.562. The second-order valence-electron chi connectivity index (χ2n) is 5.08. The molecule has 0 bridgehead atoms. The van der Waals surface area contributed by atoms with Gasteiger partial charge in [-0.3, -0.25) is 4.79 Å². The molecule has 3 rings (SSSR count). The molecule has 0 fully saturated rings. The van der Waals surface area contributed by atoms with Gasteiger partial charge in [0.1, 0.15) is 5.82 Å². The molecule has 0 spiro atoms. The zero-order valence-electron chi connectivity index (χ0n) is 11.5. The van der Waals surface area contributed by atoms with Gasteiger partial charge in [-0.15, -0.1) is 10.2 Å². The second-order valence-corrected chi connectivity index (χ2v) is 6.34. The van der Waals surface area contributed by atoms with Crippen molar-refractivity contribution >= 4 is 33.4 Å². The number of rotatable bonds is 3. The van der Waals surface area contributed by atoms with Gasteiger partial charge in [-0.05, 0) is 40.5 Å². The Balaban J connectivity index is 1.76. The van der Waals surface area contributed by atoms with Crippen molar-refractivity contribution in [2.75, 3.05) is 7.05 Å². The number of fused-ring (bicyclic) bond motifs is 1. The van der Waals surface area contributed by atoms with Gasteiger partial charge in [-0.1, -0.05) is 11.6 Å². The van der Waals surface area contributed by atoms with Crippen LogP contribution in [0.15, 0.2) is 22.7 Å². The van der Waals surface area contributed by atoms with E-state index >= 15 is 0 Å². The van der Waals surface area contributed by atoms with Crippen molar-refractivity contribution in [1.82, 2.24) is 19.7 Å². The highest BCUT2D eigenvalue weighted by Crippen LogP contribution is 2.24. The van der Waals surface area contributed by atoms with Crippen LogP contribution in [-0.2, 0) is 19.5 Å². The van der Waals surface area contributed by atoms with Crippen LogP contribution in [0.3, 0.4) is 0 Å². The van der Waals surface area contributed by atoms with E-state index in [-0.39, 0.29) is 5.91 Å². The number of nitrogens with zero attached hydrogens (tertiary/aromatic N) is 4. The van der Waals surface area contributed by atoms with Crippen LogP contribution < -0.4 is 0 Å². The number of carbonyl (C=O) groups is 1. The number of hydrogen-bond acceptors (Lipinski definition) is 3. The fourth-order valence-electron chi connectivity index (χ4n) is 2.46. The monoisotopic (exact) mass is 368 g/mol. The first kappa shape index (κ1) is 14.5. The van der Waals surface area contributed by atoms with E-state index in [0.717, 1.165) is 35.5 Å². The van der Waals surface area contributed by atoms with Crippen molar-refractivity contribution in [3.63, 3.8) is 0 Å². The van der Waals surface area contributed by atoms with E-state index in [4.69, 9.17) is 11.6 Å². The van der Waals surface area contributed by atoms with Gasteiger partial charge in [0, 0.05) is 30.0 Å². The van der Waals surface area contributed by atoms with E-state index in [1.165, 1.54) is 0 Å². The summed E-state index contributed by atoms with van der Waals surface area (Å²) in [5.74, 6) is 1.76. The highest BCUT2D eigenvalue weighted by atomic mass is 79.9. The third-order valence-corrected chi connectivity index (χ3v) is 4.81. The van der Waals surface area contributed by atoms with Crippen LogP contribution >= 0.6 is 27.5 Å². The number of carbonyl (C=O) groups excluding carboxylic acids is 1. The molecule has 110 valence electrons. The van der Waals surface area contributed by atoms with Crippen molar-refractivity contribution in [3.05, 3.63) is 44.9 Å². The Labute approximate surface area is 136 Å². The molecule has 1 aromatic heterocycles. The summed E-state index contributed by atoms with van der Waals surface area (Å²) in [6.07, 6.45) is 2.06. The fourth-order valence-corrected chi connectivity index (χ4v) is 2.89. The molecule has 2 aromatic rings. The quantitative estimate of drug-likeness (QED) is 0.836. The van der Waals surface area contributed by atoms with E-state index in [1.807, 2.05) is 0 Å². The first-order valence-electron chi connectivity index (χ1n) is 6.67. The van der Waals surface area contributed by atoms with Crippen LogP contribution in [0.1, 0.15) is 28.4 Å². The van der Waals surface area contributed by atoms with Gasteiger partial charge in [-0.2, -0.15) is 0 Å². The maximum atomic E-state index is 12.4. The lowest BCUT2D eigenvalue weighted by Gasteiger charge is -2.17. The third-order valence-electron chi connectivity index (χ3n) is 3.58. The van der Waals surface area contributed by atoms with E-state index in [0.29, 0.717) is 17.1 Å². The third kappa shape index (κ3) is 2.82. The number of benzene rings is 1. The smallest absolute Gasteiger partial charge is 0.254 e. The average molecular weight is 370 g/mol. The minimum Gasteiger partial charge on any atom is -0.334 e. The fraction of sp³-hybridized carbons (Fsp3) is 0.357. The summed E-state index contributed by atoms with van der Waals surface area (Å²) in [5, 5.41) is 8.85. The van der Waals surface area contributed by atoms with E-state index in [2.05, 4.69) is 30.7 Å². The molecule has 2 heterocycles. The van der Waals surface area contributed by atoms with Crippen LogP contribution in [-0.4, -0.2) is 32.6 Å². The largest absolute Gasteiger partial charge is 0.334 e. The number of aromatic nitrogens is 3. The van der Waals surface area contributed by atoms with E-state index in [9.17, 15) is 4.79 Å². The molecule has 21 heavy (non-hydrogen) atoms. The molecule has 0 radical (unpaired) electrons. The SMILES string of the molecule is CN(Cc1nnc2n1CCC2)C(=O)c1ccc(Br)c(Cl)c1. The van der Waals surface area contributed by atoms with Crippen LogP contribution in [0.2, 0.25) is 5.02 Å². The van der Waals surface area contributed by atoms with E-state index < -0.39 is 0 Å². The predicted molar refractivity (Wildman–Crippen MR) is 83.3 cm³/mol. The number of halogens is 2. The van der Waals surface area contributed by atoms with Gasteiger partial charge in [0.25, 0.3) is 5.91 Å². The first-order chi connectivity index (χ1) is 10.1. The molecular weight excluding hydrogens is 356 g/mol. The molecule has 1 aliphatic heterocycles. The van der Waals surface area contributed by atoms with Gasteiger partial charge in [0.15, 0.2) is 5.82 Å². The van der Waals surface area contributed by atoms with Gasteiger partial charge >= 0.3 is 0 Å². The summed E-state index contributed by atoms with van der Waals surface area (Å²) in [4.78, 5) is 14.1. The molecule has 5 nitrogen and oxygen atoms in total. The highest BCUT2D eigenvalue weighted by Gasteiger charge is 2.20. The molecule has 7 heteroatoms. The van der Waals surface area contributed by atoms with Crippen molar-refractivity contribution in [2.45, 2.75) is 25.9 Å². The minimum atomic E-state index is -0.0836. The standard InChI is InChI=1S/C14H14BrClN4O/c1-19(8-13-18-17-12-3-2-6-20(12)13)14(21)9-4-5-10(15)11(16)7-9/h4-5,7H,2-3,6,8H2,1H3. The molecule has 0 N–H and O–H groups in total. The Morgan fingerprint density at radius 1 is 1.48 bits per heavy atom. The first-order valence-corrected chi connectivity index (χ1v) is 7.85. The van der Waals surface area contributed by atoms with Crippen LogP contribution in [0, 0.1) is 0 Å². The molecule has 1 amide bonds. The van der Waals surface area contributed by atoms with Crippen LogP contribution in [0.4, 0.5) is 0 Å². The molecule has 0 aliphatic carbocycles. The normalized spacial score (nSPS) is 13.3. The number of hydrogen-bond donors (Lipinski definition) is 0. The molecule has 1 aromatic carbocycles. The van der Waals surface area contributed by atoms with Crippen molar-refractivity contribution < 1.29 is 4.79 Å². The van der Waals surface area contributed by atoms with Crippen molar-refractivity contribution in [2.24, 2.45) is 0 Å². The number of amides is 1. The maximum Gasteiger partial charge on any atom is 0.254 e. The Morgan fingerprint density at radius 2 is 2.29 bits per heavy atom. The molecule has 0 unspecified atom stereocenters. The Kier molecular flexibility index (Phi) is 3.99. The Morgan fingerprint density at radius 3 is 3.05 bits per heavy atom. The minimum absolute atomic E-state index is 0.0836. The van der Waals surface area contributed by atoms with Crippen LogP contribution in [0.25, 0.3) is 0 Å². The molecule has 0 saturated heterocycles. The zero-order chi connectivity index (χ0) is 15.0. The summed E-state index contributed by atoms with van der Waals surface area (Å²) >= 11 is 9.36. The lowest BCUT2D eigenvalue weighted by molar-refractivity contribution is 0.0780. The second kappa shape index (κ2) is 5.77. The van der Waals surface area contributed by atoms with Crippen LogP contribution in [0.5, 0.6) is 0 Å². The summed E-state index contributed by atoms with van der Waals surface area (Å²) in [6, 6.07) is 5.19. The Bertz CT molecular complexity index is 700. The topological polar surface area (TPSA) is 51.0 Å². The molecule has 1 aliphatic rings. The molecule has 0 atom stereocenters. The maximum absolute atomic E-state index is 12.4. The average Bonchev–Trinajstić information content (AvgIpc) is 3.06. The summed E-state index contributed by atoms with van der Waals surface area (Å²) in [6.45, 7) is 1.38. The van der Waals surface area contributed by atoms with Crippen molar-refractivity contribution in [1.29, 1.82) is 0 Å². The zero-order valence-corrected chi connectivity index (χ0v) is 13.9. The van der Waals surface area contributed by atoms with Gasteiger partial charge < -0.3 is 9.47 Å². The van der Waals surface area contributed by atoms with Gasteiger partial charge in [0.05, 0.1) is 11.6 Å². The summed E-state index contributed by atoms with van der Waals surface area (Å²) < 4.78 is 2.87. The van der Waals surface area contributed by atoms with Gasteiger partial charge in [-0.25, -0.2) is 0 Å². The molecule has 0 saturated carbocycles. The lowest BCUT2D eigenvalue weighted by atomic mass is 10.2. The van der Waals surface area contributed by atoms with E-state index in [1.54, 1.807) is 30.1 Å². The molecular formula is C14H14BrClN4O. The summed E-state index contributed by atoms with van der Waals surface area (Å²) in [7, 11) is 1.76. The predicted octanol–water partition coefficient (Wildman–Crippen LogP) is 2.91. The Hall–Kier alpha value is -1.40. The lowest BCUT2D eigenvalue weighted by Crippen LogP contribution is -2.27. The number of aryl methyl sites for hydroxylation is 1.